The molecule has 1 aliphatic rings. The van der Waals surface area contributed by atoms with Crippen LogP contribution in [0.3, 0.4) is 0 Å². The molecule has 0 aromatic heterocycles. The van der Waals surface area contributed by atoms with Crippen molar-refractivity contribution in [1.82, 2.24) is 0 Å². The first-order valence-electron chi connectivity index (χ1n) is 1.62. The van der Waals surface area contributed by atoms with Gasteiger partial charge < -0.3 is 5.41 Å². The Hall–Kier alpha value is -0.590. The predicted octanol–water partition coefficient (Wildman–Crippen LogP) is 0.822. The van der Waals surface area contributed by atoms with Crippen molar-refractivity contribution < 1.29 is 0 Å². The molecular weight excluding hydrogens is 62.1 g/mol. The summed E-state index contributed by atoms with van der Waals surface area (Å²) in [5.74, 6) is 0.426. The highest BCUT2D eigenvalue weighted by molar-refractivity contribution is 5.67. The van der Waals surface area contributed by atoms with Crippen LogP contribution in [0, 0.1) is 11.3 Å². The Labute approximate surface area is 30.8 Å². The molecule has 1 nitrogen and oxygen atoms in total. The quantitative estimate of drug-likeness (QED) is 0.347. The standard InChI is InChI=1S/C4H5N/c5-3-4-1-2-4/h1-5H. The summed E-state index contributed by atoms with van der Waals surface area (Å²) in [7, 11) is 0. The molecule has 0 amide bonds. The molecule has 1 aliphatic carbocycles. The van der Waals surface area contributed by atoms with E-state index < -0.39 is 0 Å². The maximum absolute atomic E-state index is 6.53. The molecule has 1 N–H and O–H groups in total. The lowest BCUT2D eigenvalue weighted by molar-refractivity contribution is 1.34. The van der Waals surface area contributed by atoms with Crippen LogP contribution in [-0.2, 0) is 0 Å². The lowest BCUT2D eigenvalue weighted by atomic mass is 10.4. The third-order valence-electron chi connectivity index (χ3n) is 0.607. The third-order valence-corrected chi connectivity index (χ3v) is 0.607. The minimum absolute atomic E-state index is 0.426. The Balaban J connectivity index is 2.28. The Morgan fingerprint density at radius 2 is 2.20 bits per heavy atom. The minimum Gasteiger partial charge on any atom is -0.312 e. The van der Waals surface area contributed by atoms with Crippen molar-refractivity contribution >= 4 is 6.21 Å². The molecule has 1 heteroatoms. The van der Waals surface area contributed by atoms with Gasteiger partial charge in [-0.3, -0.25) is 0 Å². The van der Waals surface area contributed by atoms with Crippen LogP contribution in [0.25, 0.3) is 0 Å². The predicted molar refractivity (Wildman–Crippen MR) is 21.4 cm³/mol. The second-order valence-corrected chi connectivity index (χ2v) is 1.13. The third kappa shape index (κ3) is 0.349. The van der Waals surface area contributed by atoms with Crippen LogP contribution in [0.2, 0.25) is 0 Å². The molecule has 0 atom stereocenters. The van der Waals surface area contributed by atoms with Crippen LogP contribution in [0.5, 0.6) is 0 Å². The van der Waals surface area contributed by atoms with Crippen LogP contribution in [0.4, 0.5) is 0 Å². The van der Waals surface area contributed by atoms with Crippen molar-refractivity contribution in [2.24, 2.45) is 5.92 Å². The highest BCUT2D eigenvalue weighted by Gasteiger charge is 2.02. The van der Waals surface area contributed by atoms with Crippen LogP contribution >= 0.6 is 0 Å². The maximum Gasteiger partial charge on any atom is 0.0296 e. The Morgan fingerprint density at radius 1 is 1.60 bits per heavy atom. The molecule has 0 unspecified atom stereocenters. The molecule has 26 valence electrons. The van der Waals surface area contributed by atoms with Gasteiger partial charge in [0, 0.05) is 12.1 Å². The van der Waals surface area contributed by atoms with E-state index in [2.05, 4.69) is 0 Å². The minimum atomic E-state index is 0.426. The molecule has 0 aliphatic heterocycles. The van der Waals surface area contributed by atoms with Gasteiger partial charge in [0.2, 0.25) is 0 Å². The zero-order chi connectivity index (χ0) is 3.70. The highest BCUT2D eigenvalue weighted by Crippen LogP contribution is 2.10. The number of hydrogen-bond acceptors (Lipinski definition) is 1. The van der Waals surface area contributed by atoms with E-state index in [4.69, 9.17) is 5.41 Å². The average Bonchev–Trinajstić information content (AvgIpc) is 2.12. The first-order valence-corrected chi connectivity index (χ1v) is 1.62. The van der Waals surface area contributed by atoms with Gasteiger partial charge in [-0.15, -0.1) is 0 Å². The first kappa shape index (κ1) is 2.64. The molecule has 0 aromatic carbocycles. The highest BCUT2D eigenvalue weighted by atomic mass is 14.4. The van der Waals surface area contributed by atoms with E-state index in [0.717, 1.165) is 0 Å². The van der Waals surface area contributed by atoms with Gasteiger partial charge in [0.15, 0.2) is 0 Å². The Bertz CT molecular complexity index is 67.7. The number of allylic oxidation sites excluding steroid dienone is 2. The monoisotopic (exact) mass is 67.0 g/mol. The summed E-state index contributed by atoms with van der Waals surface area (Å²) in [6, 6.07) is 0. The van der Waals surface area contributed by atoms with Crippen LogP contribution in [0.15, 0.2) is 12.2 Å². The van der Waals surface area contributed by atoms with Gasteiger partial charge in [0.25, 0.3) is 0 Å². The van der Waals surface area contributed by atoms with Gasteiger partial charge in [-0.05, 0) is 0 Å². The van der Waals surface area contributed by atoms with E-state index in [-0.39, 0.29) is 0 Å². The molecule has 0 saturated heterocycles. The lowest BCUT2D eigenvalue weighted by Gasteiger charge is -1.64. The molecule has 0 bridgehead atoms. The molecule has 0 aromatic rings. The number of hydrogen-bond donors (Lipinski definition) is 1. The molecule has 0 saturated carbocycles. The van der Waals surface area contributed by atoms with Gasteiger partial charge >= 0.3 is 0 Å². The van der Waals surface area contributed by atoms with Crippen molar-refractivity contribution in [2.45, 2.75) is 0 Å². The lowest BCUT2D eigenvalue weighted by Crippen LogP contribution is -1.68. The van der Waals surface area contributed by atoms with Gasteiger partial charge in [-0.25, -0.2) is 0 Å². The molecule has 0 spiro atoms. The van der Waals surface area contributed by atoms with Crippen molar-refractivity contribution in [2.75, 3.05) is 0 Å². The van der Waals surface area contributed by atoms with E-state index in [1.165, 1.54) is 6.21 Å². The zero-order valence-corrected chi connectivity index (χ0v) is 2.81. The summed E-state index contributed by atoms with van der Waals surface area (Å²) in [6.07, 6.45) is 5.38. The van der Waals surface area contributed by atoms with E-state index in [1.54, 1.807) is 0 Å². The second-order valence-electron chi connectivity index (χ2n) is 1.13. The normalized spacial score (nSPS) is 19.2. The molecule has 0 heterocycles. The van der Waals surface area contributed by atoms with E-state index in [0.29, 0.717) is 5.92 Å². The van der Waals surface area contributed by atoms with Crippen molar-refractivity contribution in [1.29, 1.82) is 5.41 Å². The molecule has 0 fully saturated rings. The van der Waals surface area contributed by atoms with Crippen molar-refractivity contribution in [3.8, 4) is 0 Å². The Kier molecular flexibility index (Phi) is 0.357. The summed E-state index contributed by atoms with van der Waals surface area (Å²) in [5, 5.41) is 6.53. The van der Waals surface area contributed by atoms with E-state index >= 15 is 0 Å². The second kappa shape index (κ2) is 0.677. The SMILES string of the molecule is N=CC1C=C1. The van der Waals surface area contributed by atoms with E-state index in [1.807, 2.05) is 12.2 Å². The summed E-state index contributed by atoms with van der Waals surface area (Å²) < 4.78 is 0. The van der Waals surface area contributed by atoms with Crippen molar-refractivity contribution in [3.63, 3.8) is 0 Å². The number of nitrogens with one attached hydrogen (secondary N) is 1. The van der Waals surface area contributed by atoms with E-state index in [9.17, 15) is 0 Å². The topological polar surface area (TPSA) is 23.9 Å². The average molecular weight is 67.1 g/mol. The first-order chi connectivity index (χ1) is 2.43. The van der Waals surface area contributed by atoms with Gasteiger partial charge in [-0.1, -0.05) is 12.2 Å². The molecule has 0 radical (unpaired) electrons. The van der Waals surface area contributed by atoms with Crippen LogP contribution < -0.4 is 0 Å². The fraction of sp³-hybridized carbons (Fsp3) is 0.250. The molecular formula is C4H5N. The summed E-state index contributed by atoms with van der Waals surface area (Å²) >= 11 is 0. The van der Waals surface area contributed by atoms with Crippen molar-refractivity contribution in [3.05, 3.63) is 12.2 Å². The maximum atomic E-state index is 6.53. The summed E-state index contributed by atoms with van der Waals surface area (Å²) in [6.45, 7) is 0. The fourth-order valence-corrected chi connectivity index (χ4v) is 0.175. The van der Waals surface area contributed by atoms with Crippen LogP contribution in [0.1, 0.15) is 0 Å². The smallest absolute Gasteiger partial charge is 0.0296 e. The molecule has 1 rings (SSSR count). The van der Waals surface area contributed by atoms with Crippen LogP contribution in [-0.4, -0.2) is 6.21 Å². The summed E-state index contributed by atoms with van der Waals surface area (Å²) in [4.78, 5) is 0. The number of rotatable bonds is 1. The van der Waals surface area contributed by atoms with Gasteiger partial charge in [-0.2, -0.15) is 0 Å². The van der Waals surface area contributed by atoms with Gasteiger partial charge in [0.1, 0.15) is 0 Å². The largest absolute Gasteiger partial charge is 0.312 e. The Morgan fingerprint density at radius 3 is 2.20 bits per heavy atom. The molecule has 5 heavy (non-hydrogen) atoms. The van der Waals surface area contributed by atoms with Gasteiger partial charge in [0.05, 0.1) is 0 Å². The summed E-state index contributed by atoms with van der Waals surface area (Å²) in [5.41, 5.74) is 0. The fourth-order valence-electron chi connectivity index (χ4n) is 0.175. The zero-order valence-electron chi connectivity index (χ0n) is 2.81.